The number of benzene rings is 2. The monoisotopic (exact) mass is 346 g/mol. The number of carbonyl (C=O) groups is 1. The van der Waals surface area contributed by atoms with Gasteiger partial charge in [0.15, 0.2) is 0 Å². The normalized spacial score (nSPS) is 10.6. The van der Waals surface area contributed by atoms with Gasteiger partial charge in [0.25, 0.3) is 11.5 Å². The Hall–Kier alpha value is -3.14. The summed E-state index contributed by atoms with van der Waals surface area (Å²) in [6.45, 7) is 6.38. The summed E-state index contributed by atoms with van der Waals surface area (Å²) in [6.07, 6.45) is 1.71. The molecule has 1 heterocycles. The van der Waals surface area contributed by atoms with Crippen molar-refractivity contribution in [3.8, 4) is 0 Å². The summed E-state index contributed by atoms with van der Waals surface area (Å²) in [7, 11) is 0. The first kappa shape index (κ1) is 17.7. The lowest BCUT2D eigenvalue weighted by molar-refractivity contribution is 0.102. The molecule has 1 N–H and O–H groups in total. The van der Waals surface area contributed by atoms with E-state index < -0.39 is 0 Å². The molecule has 4 nitrogen and oxygen atoms in total. The summed E-state index contributed by atoms with van der Waals surface area (Å²) in [5, 5.41) is 2.84. The minimum absolute atomic E-state index is 0.139. The number of aryl methyl sites for hydroxylation is 3. The molecule has 0 saturated carbocycles. The molecule has 0 aliphatic rings. The predicted molar refractivity (Wildman–Crippen MR) is 105 cm³/mol. The van der Waals surface area contributed by atoms with E-state index >= 15 is 0 Å². The van der Waals surface area contributed by atoms with Crippen molar-refractivity contribution in [3.05, 3.63) is 99.0 Å². The summed E-state index contributed by atoms with van der Waals surface area (Å²) in [5.41, 5.74) is 4.82. The smallest absolute Gasteiger partial charge is 0.263 e. The Morgan fingerprint density at radius 3 is 2.46 bits per heavy atom. The number of nitrogens with one attached hydrogen (secondary N) is 1. The van der Waals surface area contributed by atoms with Crippen molar-refractivity contribution in [1.29, 1.82) is 0 Å². The SMILES string of the molecule is Cc1cccc(Cn2cccc(C(=O)Nc3ccc(C)cc3C)c2=O)c1. The van der Waals surface area contributed by atoms with Gasteiger partial charge in [-0.3, -0.25) is 9.59 Å². The van der Waals surface area contributed by atoms with Crippen LogP contribution in [0, 0.1) is 20.8 Å². The second-order valence-electron chi connectivity index (χ2n) is 6.62. The highest BCUT2D eigenvalue weighted by molar-refractivity contribution is 6.04. The van der Waals surface area contributed by atoms with Gasteiger partial charge in [-0.1, -0.05) is 47.5 Å². The Kier molecular flexibility index (Phi) is 5.03. The molecule has 4 heteroatoms. The Morgan fingerprint density at radius 2 is 1.73 bits per heavy atom. The number of anilines is 1. The van der Waals surface area contributed by atoms with Gasteiger partial charge in [-0.15, -0.1) is 0 Å². The van der Waals surface area contributed by atoms with E-state index in [0.717, 1.165) is 22.3 Å². The van der Waals surface area contributed by atoms with E-state index in [4.69, 9.17) is 0 Å². The zero-order valence-electron chi connectivity index (χ0n) is 15.2. The van der Waals surface area contributed by atoms with Crippen molar-refractivity contribution in [2.45, 2.75) is 27.3 Å². The number of rotatable bonds is 4. The van der Waals surface area contributed by atoms with Crippen molar-refractivity contribution in [1.82, 2.24) is 4.57 Å². The molecular weight excluding hydrogens is 324 g/mol. The lowest BCUT2D eigenvalue weighted by Gasteiger charge is -2.11. The Balaban J connectivity index is 1.86. The van der Waals surface area contributed by atoms with E-state index in [0.29, 0.717) is 12.2 Å². The van der Waals surface area contributed by atoms with Gasteiger partial charge in [0.2, 0.25) is 0 Å². The van der Waals surface area contributed by atoms with Crippen LogP contribution in [0.5, 0.6) is 0 Å². The molecule has 0 aliphatic heterocycles. The fraction of sp³-hybridized carbons (Fsp3) is 0.182. The molecule has 3 aromatic rings. The number of carbonyl (C=O) groups excluding carboxylic acids is 1. The maximum absolute atomic E-state index is 12.7. The Bertz CT molecular complexity index is 1020. The van der Waals surface area contributed by atoms with Gasteiger partial charge in [-0.25, -0.2) is 0 Å². The topological polar surface area (TPSA) is 51.1 Å². The van der Waals surface area contributed by atoms with Crippen molar-refractivity contribution in [2.75, 3.05) is 5.32 Å². The Morgan fingerprint density at radius 1 is 0.962 bits per heavy atom. The number of nitrogens with zero attached hydrogens (tertiary/aromatic N) is 1. The molecule has 1 amide bonds. The lowest BCUT2D eigenvalue weighted by atomic mass is 10.1. The van der Waals surface area contributed by atoms with E-state index in [1.165, 1.54) is 0 Å². The van der Waals surface area contributed by atoms with Gasteiger partial charge in [0, 0.05) is 11.9 Å². The van der Waals surface area contributed by atoms with Crippen molar-refractivity contribution in [2.24, 2.45) is 0 Å². The molecule has 132 valence electrons. The molecule has 0 aliphatic carbocycles. The zero-order chi connectivity index (χ0) is 18.7. The van der Waals surface area contributed by atoms with Gasteiger partial charge < -0.3 is 9.88 Å². The number of amides is 1. The van der Waals surface area contributed by atoms with Crippen LogP contribution in [0.25, 0.3) is 0 Å². The fourth-order valence-corrected chi connectivity index (χ4v) is 2.98. The molecule has 0 bridgehead atoms. The Labute approximate surface area is 153 Å². The molecule has 0 atom stereocenters. The molecule has 0 unspecified atom stereocenters. The highest BCUT2D eigenvalue weighted by Gasteiger charge is 2.13. The number of hydrogen-bond donors (Lipinski definition) is 1. The number of hydrogen-bond acceptors (Lipinski definition) is 2. The van der Waals surface area contributed by atoms with Gasteiger partial charge in [-0.2, -0.15) is 0 Å². The van der Waals surface area contributed by atoms with Crippen LogP contribution in [0.1, 0.15) is 32.6 Å². The average Bonchev–Trinajstić information content (AvgIpc) is 2.59. The van der Waals surface area contributed by atoms with E-state index in [9.17, 15) is 9.59 Å². The van der Waals surface area contributed by atoms with Crippen LogP contribution in [0.3, 0.4) is 0 Å². The van der Waals surface area contributed by atoms with Crippen LogP contribution in [-0.2, 0) is 6.54 Å². The molecule has 0 saturated heterocycles. The van der Waals surface area contributed by atoms with E-state index in [1.807, 2.05) is 63.2 Å². The highest BCUT2D eigenvalue weighted by Crippen LogP contribution is 2.16. The third-order valence-electron chi connectivity index (χ3n) is 4.33. The molecule has 1 aromatic heterocycles. The first-order chi connectivity index (χ1) is 12.4. The molecule has 3 rings (SSSR count). The summed E-state index contributed by atoms with van der Waals surface area (Å²) >= 11 is 0. The van der Waals surface area contributed by atoms with E-state index in [1.54, 1.807) is 22.9 Å². The van der Waals surface area contributed by atoms with Crippen LogP contribution < -0.4 is 10.9 Å². The molecule has 2 aromatic carbocycles. The van der Waals surface area contributed by atoms with Gasteiger partial charge >= 0.3 is 0 Å². The van der Waals surface area contributed by atoms with Crippen LogP contribution in [0.2, 0.25) is 0 Å². The second-order valence-corrected chi connectivity index (χ2v) is 6.62. The van der Waals surface area contributed by atoms with Gasteiger partial charge in [-0.05, 0) is 50.1 Å². The molecule has 0 fully saturated rings. The minimum atomic E-state index is -0.388. The quantitative estimate of drug-likeness (QED) is 0.774. The summed E-state index contributed by atoms with van der Waals surface area (Å²) in [4.78, 5) is 25.3. The van der Waals surface area contributed by atoms with Crippen molar-refractivity contribution in [3.63, 3.8) is 0 Å². The molecular formula is C22H22N2O2. The van der Waals surface area contributed by atoms with Crippen LogP contribution in [-0.4, -0.2) is 10.5 Å². The zero-order valence-corrected chi connectivity index (χ0v) is 15.2. The van der Waals surface area contributed by atoms with Crippen molar-refractivity contribution < 1.29 is 4.79 Å². The first-order valence-electron chi connectivity index (χ1n) is 8.57. The number of pyridine rings is 1. The molecule has 0 spiro atoms. The molecule has 26 heavy (non-hydrogen) atoms. The molecule has 0 radical (unpaired) electrons. The summed E-state index contributed by atoms with van der Waals surface area (Å²) in [6, 6.07) is 17.1. The maximum atomic E-state index is 12.7. The van der Waals surface area contributed by atoms with Gasteiger partial charge in [0.05, 0.1) is 6.54 Å². The van der Waals surface area contributed by atoms with Crippen LogP contribution >= 0.6 is 0 Å². The largest absolute Gasteiger partial charge is 0.322 e. The van der Waals surface area contributed by atoms with E-state index in [-0.39, 0.29) is 17.0 Å². The fourth-order valence-electron chi connectivity index (χ4n) is 2.98. The standard InChI is InChI=1S/C22H22N2O2/c1-15-6-4-7-18(13-15)14-24-11-5-8-19(22(24)26)21(25)23-20-10-9-16(2)12-17(20)3/h4-13H,14H2,1-3H3,(H,23,25). The minimum Gasteiger partial charge on any atom is -0.322 e. The lowest BCUT2D eigenvalue weighted by Crippen LogP contribution is -2.29. The van der Waals surface area contributed by atoms with Crippen LogP contribution in [0.15, 0.2) is 65.6 Å². The third kappa shape index (κ3) is 3.91. The van der Waals surface area contributed by atoms with Crippen LogP contribution in [0.4, 0.5) is 5.69 Å². The highest BCUT2D eigenvalue weighted by atomic mass is 16.2. The summed E-state index contributed by atoms with van der Waals surface area (Å²) in [5.74, 6) is -0.388. The summed E-state index contributed by atoms with van der Waals surface area (Å²) < 4.78 is 1.56. The third-order valence-corrected chi connectivity index (χ3v) is 4.33. The van der Waals surface area contributed by atoms with Crippen molar-refractivity contribution >= 4 is 11.6 Å². The second kappa shape index (κ2) is 7.40. The number of aromatic nitrogens is 1. The average molecular weight is 346 g/mol. The van der Waals surface area contributed by atoms with E-state index in [2.05, 4.69) is 5.32 Å². The first-order valence-corrected chi connectivity index (χ1v) is 8.57. The maximum Gasteiger partial charge on any atom is 0.263 e. The van der Waals surface area contributed by atoms with Gasteiger partial charge in [0.1, 0.15) is 5.56 Å². The predicted octanol–water partition coefficient (Wildman–Crippen LogP) is 4.07.